The van der Waals surface area contributed by atoms with E-state index >= 15 is 0 Å². The average Bonchev–Trinajstić information content (AvgIpc) is 2.57. The quantitative estimate of drug-likeness (QED) is 0.764. The lowest BCUT2D eigenvalue weighted by Gasteiger charge is -2.32. The lowest BCUT2D eigenvalue weighted by molar-refractivity contribution is 0.0983. The van der Waals surface area contributed by atoms with Gasteiger partial charge in [0.25, 0.3) is 0 Å². The SMILES string of the molecule is CCCS(=O)(=O)Nc1ccc(NC2CCN(C(=O)OCC)CC2)cn1. The second-order valence-electron chi connectivity index (χ2n) is 5.96. The fraction of sp³-hybridized carbons (Fsp3) is 0.625. The molecular weight excluding hydrogens is 344 g/mol. The molecule has 2 N–H and O–H groups in total. The Balaban J connectivity index is 1.83. The van der Waals surface area contributed by atoms with Crippen LogP contribution in [0.1, 0.15) is 33.1 Å². The van der Waals surface area contributed by atoms with E-state index < -0.39 is 10.0 Å². The van der Waals surface area contributed by atoms with E-state index in [0.29, 0.717) is 31.9 Å². The zero-order valence-electron chi connectivity index (χ0n) is 14.7. The van der Waals surface area contributed by atoms with Gasteiger partial charge in [0.05, 0.1) is 24.2 Å². The van der Waals surface area contributed by atoms with E-state index in [1.165, 1.54) is 0 Å². The lowest BCUT2D eigenvalue weighted by atomic mass is 10.1. The van der Waals surface area contributed by atoms with E-state index in [-0.39, 0.29) is 17.9 Å². The summed E-state index contributed by atoms with van der Waals surface area (Å²) in [7, 11) is -3.33. The Labute approximate surface area is 149 Å². The van der Waals surface area contributed by atoms with Gasteiger partial charge in [0.2, 0.25) is 10.0 Å². The number of piperidine rings is 1. The molecule has 1 aliphatic rings. The summed E-state index contributed by atoms with van der Waals surface area (Å²) >= 11 is 0. The maximum atomic E-state index is 11.7. The standard InChI is InChI=1S/C16H26N4O4S/c1-3-11-25(22,23)19-15-6-5-14(12-17-15)18-13-7-9-20(10-8-13)16(21)24-4-2/h5-6,12-13,18H,3-4,7-11H2,1-2H3,(H,17,19). The van der Waals surface area contributed by atoms with Crippen LogP contribution in [0.2, 0.25) is 0 Å². The largest absolute Gasteiger partial charge is 0.450 e. The molecule has 0 saturated carbocycles. The molecule has 1 aliphatic heterocycles. The highest BCUT2D eigenvalue weighted by Crippen LogP contribution is 2.18. The summed E-state index contributed by atoms with van der Waals surface area (Å²) in [6.07, 6.45) is 3.56. The molecule has 0 atom stereocenters. The van der Waals surface area contributed by atoms with Gasteiger partial charge in [-0.3, -0.25) is 4.72 Å². The van der Waals surface area contributed by atoms with Gasteiger partial charge in [0, 0.05) is 19.1 Å². The molecule has 140 valence electrons. The van der Waals surface area contributed by atoms with Gasteiger partial charge in [0.1, 0.15) is 5.82 Å². The van der Waals surface area contributed by atoms with Crippen molar-refractivity contribution in [3.8, 4) is 0 Å². The van der Waals surface area contributed by atoms with E-state index in [4.69, 9.17) is 4.74 Å². The van der Waals surface area contributed by atoms with Crippen LogP contribution in [0, 0.1) is 0 Å². The van der Waals surface area contributed by atoms with Crippen molar-refractivity contribution in [2.24, 2.45) is 0 Å². The number of aromatic nitrogens is 1. The van der Waals surface area contributed by atoms with Gasteiger partial charge < -0.3 is 15.0 Å². The molecule has 0 aromatic carbocycles. The van der Waals surface area contributed by atoms with Crippen LogP contribution in [-0.2, 0) is 14.8 Å². The number of amides is 1. The number of pyridine rings is 1. The molecule has 1 amide bonds. The first kappa shape index (κ1) is 19.3. The first-order valence-corrected chi connectivity index (χ1v) is 10.2. The lowest BCUT2D eigenvalue weighted by Crippen LogP contribution is -2.42. The first-order chi connectivity index (χ1) is 11.9. The van der Waals surface area contributed by atoms with Crippen LogP contribution in [0.25, 0.3) is 0 Å². The molecule has 8 nitrogen and oxygen atoms in total. The van der Waals surface area contributed by atoms with Gasteiger partial charge in [-0.2, -0.15) is 0 Å². The van der Waals surface area contributed by atoms with Crippen molar-refractivity contribution >= 4 is 27.6 Å². The normalized spacial score (nSPS) is 15.7. The molecule has 2 heterocycles. The smallest absolute Gasteiger partial charge is 0.409 e. The average molecular weight is 370 g/mol. The van der Waals surface area contributed by atoms with Crippen LogP contribution in [0.15, 0.2) is 18.3 Å². The number of ether oxygens (including phenoxy) is 1. The Morgan fingerprint density at radius 2 is 2.04 bits per heavy atom. The summed E-state index contributed by atoms with van der Waals surface area (Å²) in [4.78, 5) is 17.5. The summed E-state index contributed by atoms with van der Waals surface area (Å²) in [6.45, 7) is 5.30. The highest BCUT2D eigenvalue weighted by Gasteiger charge is 2.23. The molecule has 2 rings (SSSR count). The molecular formula is C16H26N4O4S. The number of hydrogen-bond donors (Lipinski definition) is 2. The Bertz CT molecular complexity index is 655. The van der Waals surface area contributed by atoms with Crippen molar-refractivity contribution in [2.45, 2.75) is 39.2 Å². The highest BCUT2D eigenvalue weighted by molar-refractivity contribution is 7.92. The van der Waals surface area contributed by atoms with Crippen LogP contribution < -0.4 is 10.0 Å². The van der Waals surface area contributed by atoms with Gasteiger partial charge in [0.15, 0.2) is 0 Å². The summed E-state index contributed by atoms with van der Waals surface area (Å²) in [5, 5.41) is 3.37. The summed E-state index contributed by atoms with van der Waals surface area (Å²) < 4.78 is 30.9. The van der Waals surface area contributed by atoms with Gasteiger partial charge in [-0.15, -0.1) is 0 Å². The number of anilines is 2. The third-order valence-electron chi connectivity index (χ3n) is 3.89. The Kier molecular flexibility index (Phi) is 6.86. The van der Waals surface area contributed by atoms with Gasteiger partial charge in [-0.25, -0.2) is 18.2 Å². The monoisotopic (exact) mass is 370 g/mol. The zero-order chi connectivity index (χ0) is 18.3. The van der Waals surface area contributed by atoms with Crippen molar-refractivity contribution in [1.29, 1.82) is 0 Å². The van der Waals surface area contributed by atoms with E-state index in [1.807, 2.05) is 6.92 Å². The minimum Gasteiger partial charge on any atom is -0.450 e. The van der Waals surface area contributed by atoms with E-state index in [2.05, 4.69) is 15.0 Å². The number of nitrogens with one attached hydrogen (secondary N) is 2. The predicted octanol–water partition coefficient (Wildman–Crippen LogP) is 2.27. The van der Waals surface area contributed by atoms with Gasteiger partial charge >= 0.3 is 6.09 Å². The van der Waals surface area contributed by atoms with Crippen molar-refractivity contribution in [1.82, 2.24) is 9.88 Å². The minimum absolute atomic E-state index is 0.0771. The predicted molar refractivity (Wildman–Crippen MR) is 97.2 cm³/mol. The number of hydrogen-bond acceptors (Lipinski definition) is 6. The molecule has 25 heavy (non-hydrogen) atoms. The molecule has 0 aliphatic carbocycles. The first-order valence-electron chi connectivity index (χ1n) is 8.58. The number of carbonyl (C=O) groups excluding carboxylic acids is 1. The molecule has 1 aromatic rings. The number of rotatable bonds is 7. The second-order valence-corrected chi connectivity index (χ2v) is 7.80. The van der Waals surface area contributed by atoms with Crippen LogP contribution >= 0.6 is 0 Å². The zero-order valence-corrected chi connectivity index (χ0v) is 15.5. The molecule has 1 aromatic heterocycles. The molecule has 0 spiro atoms. The van der Waals surface area contributed by atoms with Crippen LogP contribution in [-0.4, -0.2) is 55.9 Å². The third-order valence-corrected chi connectivity index (χ3v) is 5.35. The fourth-order valence-electron chi connectivity index (χ4n) is 2.68. The van der Waals surface area contributed by atoms with Gasteiger partial charge in [-0.1, -0.05) is 6.92 Å². The number of likely N-dealkylation sites (tertiary alicyclic amines) is 1. The number of carbonyl (C=O) groups is 1. The molecule has 0 radical (unpaired) electrons. The van der Waals surface area contributed by atoms with Crippen LogP contribution in [0.3, 0.4) is 0 Å². The summed E-state index contributed by atoms with van der Waals surface area (Å²) in [5.74, 6) is 0.393. The topological polar surface area (TPSA) is 101 Å². The van der Waals surface area contributed by atoms with Gasteiger partial charge in [-0.05, 0) is 38.3 Å². The summed E-state index contributed by atoms with van der Waals surface area (Å²) in [6, 6.07) is 3.69. The molecule has 9 heteroatoms. The van der Waals surface area contributed by atoms with Crippen molar-refractivity contribution < 1.29 is 17.9 Å². The molecule has 1 saturated heterocycles. The maximum Gasteiger partial charge on any atom is 0.409 e. The second kappa shape index (κ2) is 8.89. The van der Waals surface area contributed by atoms with E-state index in [9.17, 15) is 13.2 Å². The third kappa shape index (κ3) is 6.08. The van der Waals surface area contributed by atoms with Crippen molar-refractivity contribution in [3.63, 3.8) is 0 Å². The Hall–Kier alpha value is -2.03. The minimum atomic E-state index is -3.33. The Morgan fingerprint density at radius 1 is 1.32 bits per heavy atom. The van der Waals surface area contributed by atoms with Crippen molar-refractivity contribution in [2.75, 3.05) is 35.5 Å². The maximum absolute atomic E-state index is 11.7. The van der Waals surface area contributed by atoms with Crippen molar-refractivity contribution in [3.05, 3.63) is 18.3 Å². The number of nitrogens with zero attached hydrogens (tertiary/aromatic N) is 2. The molecule has 0 unspecified atom stereocenters. The molecule has 0 bridgehead atoms. The number of sulfonamides is 1. The van der Waals surface area contributed by atoms with Crippen LogP contribution in [0.5, 0.6) is 0 Å². The van der Waals surface area contributed by atoms with E-state index in [1.54, 1.807) is 30.2 Å². The van der Waals surface area contributed by atoms with Crippen LogP contribution in [0.4, 0.5) is 16.3 Å². The fourth-order valence-corrected chi connectivity index (χ4v) is 3.75. The van der Waals surface area contributed by atoms with E-state index in [0.717, 1.165) is 18.5 Å². The highest BCUT2D eigenvalue weighted by atomic mass is 32.2. The molecule has 1 fully saturated rings. The summed E-state index contributed by atoms with van der Waals surface area (Å²) in [5.41, 5.74) is 0.827. The Morgan fingerprint density at radius 3 is 2.60 bits per heavy atom.